The van der Waals surface area contributed by atoms with Gasteiger partial charge in [-0.15, -0.1) is 0 Å². The maximum Gasteiger partial charge on any atom is 0.322 e. The zero-order chi connectivity index (χ0) is 9.14. The summed E-state index contributed by atoms with van der Waals surface area (Å²) in [7, 11) is -0.896. The van der Waals surface area contributed by atoms with Gasteiger partial charge in [-0.2, -0.15) is 10.9 Å². The van der Waals surface area contributed by atoms with Gasteiger partial charge in [0.2, 0.25) is 0 Å². The Morgan fingerprint density at radius 2 is 2.42 bits per heavy atom. The lowest BCUT2D eigenvalue weighted by molar-refractivity contribution is -0.137. The molecule has 1 aliphatic rings. The van der Waals surface area contributed by atoms with Gasteiger partial charge in [0.05, 0.1) is 0 Å². The van der Waals surface area contributed by atoms with Gasteiger partial charge in [0.25, 0.3) is 0 Å². The summed E-state index contributed by atoms with van der Waals surface area (Å²) in [5.41, 5.74) is 0. The van der Waals surface area contributed by atoms with Crippen LogP contribution < -0.4 is 0 Å². The molecule has 0 fully saturated rings. The van der Waals surface area contributed by atoms with Crippen LogP contribution in [0.4, 0.5) is 0 Å². The van der Waals surface area contributed by atoms with Crippen LogP contribution in [0.1, 0.15) is 6.92 Å². The van der Waals surface area contributed by atoms with E-state index in [1.54, 1.807) is 11.5 Å². The predicted octanol–water partition coefficient (Wildman–Crippen LogP) is 1.07. The molecule has 0 radical (unpaired) electrons. The van der Waals surface area contributed by atoms with E-state index in [0.29, 0.717) is 6.29 Å². The topological polar surface area (TPSA) is 54.4 Å². The van der Waals surface area contributed by atoms with Crippen LogP contribution in [0.2, 0.25) is 0 Å². The minimum atomic E-state index is -1.03. The average Bonchev–Trinajstić information content (AvgIpc) is 2.38. The molecule has 0 saturated carbocycles. The largest absolute Gasteiger partial charge is 0.480 e. The number of hydrogen-bond donors (Lipinski definition) is 2. The van der Waals surface area contributed by atoms with E-state index in [0.717, 1.165) is 4.91 Å². The first-order valence-corrected chi connectivity index (χ1v) is 4.96. The van der Waals surface area contributed by atoms with Gasteiger partial charge in [-0.3, -0.25) is 4.79 Å². The van der Waals surface area contributed by atoms with E-state index in [1.165, 1.54) is 0 Å². The number of allylic oxidation sites excluding steroid dienone is 3. The summed E-state index contributed by atoms with van der Waals surface area (Å²) in [6, 6.07) is 0. The number of aliphatic carboxylic acids is 1. The number of aldehydes is 1. The Hall–Kier alpha value is -1.03. The lowest BCUT2D eigenvalue weighted by atomic mass is 10.5. The third-order valence-electron chi connectivity index (χ3n) is 1.67. The monoisotopic (exact) mass is 186 g/mol. The van der Waals surface area contributed by atoms with Crippen molar-refractivity contribution in [2.75, 3.05) is 0 Å². The van der Waals surface area contributed by atoms with E-state index in [2.05, 4.69) is 0 Å². The fraction of sp³-hybridized carbons (Fsp3) is 0.250. The fourth-order valence-electron chi connectivity index (χ4n) is 1.03. The third-order valence-corrected chi connectivity index (χ3v) is 4.07. The van der Waals surface area contributed by atoms with Crippen LogP contribution in [0.5, 0.6) is 0 Å². The molecular weight excluding hydrogens is 176 g/mol. The highest BCUT2D eigenvalue weighted by atomic mass is 32.2. The molecule has 0 aromatic carbocycles. The molecule has 1 aliphatic heterocycles. The highest BCUT2D eigenvalue weighted by Gasteiger charge is 2.24. The van der Waals surface area contributed by atoms with Crippen molar-refractivity contribution in [1.82, 2.24) is 0 Å². The summed E-state index contributed by atoms with van der Waals surface area (Å²) < 4.78 is 0. The smallest absolute Gasteiger partial charge is 0.322 e. The molecule has 1 rings (SSSR count). The molecule has 0 amide bonds. The van der Waals surface area contributed by atoms with Crippen LogP contribution >= 0.6 is 10.9 Å². The highest BCUT2D eigenvalue weighted by molar-refractivity contribution is 8.24. The first-order valence-electron chi connectivity index (χ1n) is 3.48. The van der Waals surface area contributed by atoms with Crippen LogP contribution in [0.15, 0.2) is 22.5 Å². The van der Waals surface area contributed by atoms with E-state index >= 15 is 0 Å². The molecule has 1 N–H and O–H groups in total. The summed E-state index contributed by atoms with van der Waals surface area (Å²) in [6.07, 6.45) is 4.17. The lowest BCUT2D eigenvalue weighted by Gasteiger charge is -2.17. The van der Waals surface area contributed by atoms with Crippen LogP contribution in [-0.2, 0) is 9.59 Å². The molecule has 0 aromatic heterocycles. The highest BCUT2D eigenvalue weighted by Crippen LogP contribution is 2.44. The first kappa shape index (κ1) is 9.06. The van der Waals surface area contributed by atoms with Crippen molar-refractivity contribution in [3.8, 4) is 0 Å². The summed E-state index contributed by atoms with van der Waals surface area (Å²) >= 11 is 0. The first-order chi connectivity index (χ1) is 5.66. The van der Waals surface area contributed by atoms with Crippen molar-refractivity contribution < 1.29 is 14.7 Å². The molecule has 3 nitrogen and oxygen atoms in total. The van der Waals surface area contributed by atoms with Gasteiger partial charge in [0.1, 0.15) is 11.5 Å². The van der Waals surface area contributed by atoms with E-state index in [-0.39, 0.29) is 0 Å². The van der Waals surface area contributed by atoms with Crippen molar-refractivity contribution in [2.45, 2.75) is 12.2 Å². The Kier molecular flexibility index (Phi) is 2.70. The Balaban J connectivity index is 2.80. The normalized spacial score (nSPS) is 26.4. The quantitative estimate of drug-likeness (QED) is 0.394. The Labute approximate surface area is 73.1 Å². The molecule has 0 aliphatic carbocycles. The van der Waals surface area contributed by atoms with E-state index in [4.69, 9.17) is 5.11 Å². The molecule has 66 valence electrons. The molecule has 2 atom stereocenters. The molecule has 4 heteroatoms. The van der Waals surface area contributed by atoms with Crippen molar-refractivity contribution in [3.05, 3.63) is 22.5 Å². The van der Waals surface area contributed by atoms with Gasteiger partial charge >= 0.3 is 5.97 Å². The van der Waals surface area contributed by atoms with Crippen molar-refractivity contribution in [3.63, 3.8) is 0 Å². The minimum Gasteiger partial charge on any atom is -0.480 e. The third kappa shape index (κ3) is 1.58. The van der Waals surface area contributed by atoms with Crippen molar-refractivity contribution >= 4 is 23.2 Å². The number of thiol groups is 1. The fourth-order valence-corrected chi connectivity index (χ4v) is 2.79. The van der Waals surface area contributed by atoms with Gasteiger partial charge in [-0.1, -0.05) is 12.2 Å². The number of carbonyl (C=O) groups excluding carboxylic acids is 1. The van der Waals surface area contributed by atoms with Gasteiger partial charge in [-0.05, 0) is 17.2 Å². The lowest BCUT2D eigenvalue weighted by Crippen LogP contribution is -2.20. The average molecular weight is 186 g/mol. The number of carboxylic acid groups (broad SMARTS) is 1. The molecule has 12 heavy (non-hydrogen) atoms. The molecule has 0 bridgehead atoms. The molecule has 2 unspecified atom stereocenters. The van der Waals surface area contributed by atoms with Crippen molar-refractivity contribution in [2.24, 2.45) is 0 Å². The molecule has 1 heterocycles. The summed E-state index contributed by atoms with van der Waals surface area (Å²) in [4.78, 5) is 22.0. The minimum absolute atomic E-state index is 0.515. The maximum absolute atomic E-state index is 10.6. The van der Waals surface area contributed by atoms with Crippen LogP contribution in [-0.4, -0.2) is 22.6 Å². The number of rotatable bonds is 3. The van der Waals surface area contributed by atoms with Crippen molar-refractivity contribution in [1.29, 1.82) is 0 Å². The van der Waals surface area contributed by atoms with Gasteiger partial charge in [-0.25, -0.2) is 0 Å². The summed E-state index contributed by atoms with van der Waals surface area (Å²) in [5, 5.41) is 9.61. The zero-order valence-corrected chi connectivity index (χ0v) is 7.49. The van der Waals surface area contributed by atoms with E-state index < -0.39 is 22.1 Å². The van der Waals surface area contributed by atoms with Gasteiger partial charge in [0, 0.05) is 0 Å². The van der Waals surface area contributed by atoms with E-state index in [9.17, 15) is 9.59 Å². The van der Waals surface area contributed by atoms with Crippen LogP contribution in [0.25, 0.3) is 0 Å². The number of hydrogen-bond acceptors (Lipinski definition) is 2. The van der Waals surface area contributed by atoms with Gasteiger partial charge < -0.3 is 9.90 Å². The van der Waals surface area contributed by atoms with E-state index in [1.807, 2.05) is 13.0 Å². The Morgan fingerprint density at radius 1 is 1.75 bits per heavy atom. The number of carboxylic acids is 1. The van der Waals surface area contributed by atoms with Gasteiger partial charge in [0.15, 0.2) is 0 Å². The Morgan fingerprint density at radius 3 is 2.75 bits per heavy atom. The second-order valence-electron chi connectivity index (χ2n) is 2.48. The summed E-state index contributed by atoms with van der Waals surface area (Å²) in [5.74, 6) is -1.03. The molecule has 0 aromatic rings. The zero-order valence-electron chi connectivity index (χ0n) is 6.60. The molecule has 0 saturated heterocycles. The Bertz CT molecular complexity index is 267. The molecular formula is C8H10O3S. The summed E-state index contributed by atoms with van der Waals surface area (Å²) in [6.45, 7) is 1.85. The second-order valence-corrected chi connectivity index (χ2v) is 4.85. The standard InChI is InChI=1S/C8H10O3S/c1-6-3-2-4-12(6)7(5-9)8(10)11/h2-5,7,12H,1H3,(H,10,11). The SMILES string of the molecule is CC1=CC=C[SH]1C(C=O)C(=O)O. The second kappa shape index (κ2) is 3.58. The maximum atomic E-state index is 10.6. The predicted molar refractivity (Wildman–Crippen MR) is 49.4 cm³/mol. The number of carbonyl (C=O) groups is 2. The molecule has 0 spiro atoms. The van der Waals surface area contributed by atoms with Crippen LogP contribution in [0, 0.1) is 0 Å². The van der Waals surface area contributed by atoms with Crippen LogP contribution in [0.3, 0.4) is 0 Å².